The number of aromatic nitrogens is 3. The van der Waals surface area contributed by atoms with Crippen molar-refractivity contribution in [2.75, 3.05) is 40.1 Å². The van der Waals surface area contributed by atoms with Crippen molar-refractivity contribution < 1.29 is 46.4 Å². The summed E-state index contributed by atoms with van der Waals surface area (Å²) < 4.78 is 65.2. The van der Waals surface area contributed by atoms with Crippen LogP contribution < -0.4 is 14.2 Å². The Labute approximate surface area is 316 Å². The van der Waals surface area contributed by atoms with Gasteiger partial charge in [0.15, 0.2) is 0 Å². The Kier molecular flexibility index (Phi) is 12.9. The van der Waals surface area contributed by atoms with E-state index in [1.165, 1.54) is 10.4 Å². The summed E-state index contributed by atoms with van der Waals surface area (Å²) in [6.45, 7) is 12.0. The van der Waals surface area contributed by atoms with Crippen molar-refractivity contribution in [2.45, 2.75) is 83.4 Å². The molecule has 292 valence electrons. The van der Waals surface area contributed by atoms with Crippen molar-refractivity contribution in [3.05, 3.63) is 70.8 Å². The van der Waals surface area contributed by atoms with E-state index < -0.39 is 27.6 Å². The van der Waals surface area contributed by atoms with Gasteiger partial charge in [0.1, 0.15) is 51.5 Å². The van der Waals surface area contributed by atoms with E-state index in [0.717, 1.165) is 27.8 Å². The molecule has 0 saturated heterocycles. The largest absolute Gasteiger partial charge is 0.494 e. The van der Waals surface area contributed by atoms with Gasteiger partial charge in [-0.15, -0.1) is 5.10 Å². The van der Waals surface area contributed by atoms with Gasteiger partial charge in [0.05, 0.1) is 46.3 Å². The molecule has 0 amide bonds. The summed E-state index contributed by atoms with van der Waals surface area (Å²) in [7, 11) is -0.651. The number of fused-ring (bicyclic) bond motifs is 2. The topological polar surface area (TPSA) is 158 Å². The molecule has 0 aliphatic carbocycles. The molecule has 54 heavy (non-hydrogen) atoms. The van der Waals surface area contributed by atoms with E-state index >= 15 is 0 Å². The van der Waals surface area contributed by atoms with Crippen molar-refractivity contribution in [3.8, 4) is 17.2 Å². The fourth-order valence-electron chi connectivity index (χ4n) is 6.29. The molecule has 1 unspecified atom stereocenters. The number of esters is 2. The monoisotopic (exact) mass is 766 g/mol. The lowest BCUT2D eigenvalue weighted by Gasteiger charge is -2.24. The number of rotatable bonds is 15. The van der Waals surface area contributed by atoms with Crippen molar-refractivity contribution in [2.24, 2.45) is 7.05 Å². The molecule has 2 heterocycles. The number of hydrogen-bond donors (Lipinski definition) is 0. The average Bonchev–Trinajstić information content (AvgIpc) is 3.44. The first kappa shape index (κ1) is 40.5. The lowest BCUT2D eigenvalue weighted by atomic mass is 9.86. The number of carbonyl (C=O) groups is 2. The Bertz CT molecular complexity index is 2080. The Morgan fingerprint density at radius 2 is 1.80 bits per heavy atom. The molecule has 1 aliphatic rings. The van der Waals surface area contributed by atoms with E-state index in [2.05, 4.69) is 10.3 Å². The van der Waals surface area contributed by atoms with Crippen LogP contribution in [0.3, 0.4) is 0 Å². The molecule has 0 bridgehead atoms. The fourth-order valence-corrected chi connectivity index (χ4v) is 7.89. The summed E-state index contributed by atoms with van der Waals surface area (Å²) in [5.41, 5.74) is 4.05. The highest BCUT2D eigenvalue weighted by Gasteiger charge is 2.34. The lowest BCUT2D eigenvalue weighted by molar-refractivity contribution is -0.156. The summed E-state index contributed by atoms with van der Waals surface area (Å²) in [5.74, 6) is 0.0385. The minimum atomic E-state index is -4.00. The van der Waals surface area contributed by atoms with Crippen LogP contribution in [0.25, 0.3) is 11.0 Å². The van der Waals surface area contributed by atoms with Crippen LogP contribution in [-0.2, 0) is 47.4 Å². The van der Waals surface area contributed by atoms with Gasteiger partial charge >= 0.3 is 11.9 Å². The standard InChI is InChI=1S/C39H50N4O10S/c1-9-50-37(45)22-31(28-19-32-38(34(20-28)48-8)42(7)41-40-32)27-11-10-25(2)29(18-27)24-43-23-26(3)52-33-21-30(12-13-35(33)54(43,46)47)51-17-16-49-15-14-36(44)53-39(4,5)6/h10-13,18-21,26,31H,9,14-17,22-24H2,1-8H3/t26-,31?/m1/s1. The fraction of sp³-hybridized carbons (Fsp3) is 0.487. The average molecular weight is 767 g/mol. The molecule has 1 aromatic heterocycles. The van der Waals surface area contributed by atoms with Gasteiger partial charge in [0.2, 0.25) is 10.0 Å². The maximum atomic E-state index is 14.2. The Balaban J connectivity index is 1.34. The molecule has 5 rings (SSSR count). The zero-order chi connectivity index (χ0) is 39.2. The third-order valence-electron chi connectivity index (χ3n) is 8.80. The van der Waals surface area contributed by atoms with Gasteiger partial charge < -0.3 is 28.4 Å². The number of hydrogen-bond acceptors (Lipinski definition) is 12. The molecule has 2 atom stereocenters. The van der Waals surface area contributed by atoms with E-state index in [-0.39, 0.29) is 74.9 Å². The Hall–Kier alpha value is -4.73. The van der Waals surface area contributed by atoms with Crippen LogP contribution in [-0.4, -0.2) is 91.4 Å². The van der Waals surface area contributed by atoms with E-state index in [1.54, 1.807) is 37.9 Å². The third kappa shape index (κ3) is 9.87. The minimum absolute atomic E-state index is 0.0335. The zero-order valence-electron chi connectivity index (χ0n) is 32.2. The smallest absolute Gasteiger partial charge is 0.308 e. The molecule has 0 N–H and O–H groups in total. The van der Waals surface area contributed by atoms with Crippen LogP contribution in [0.1, 0.15) is 75.6 Å². The van der Waals surface area contributed by atoms with Crippen LogP contribution in [0, 0.1) is 6.92 Å². The molecule has 0 radical (unpaired) electrons. The summed E-state index contributed by atoms with van der Waals surface area (Å²) in [4.78, 5) is 24.8. The van der Waals surface area contributed by atoms with Crippen LogP contribution in [0.2, 0.25) is 0 Å². The van der Waals surface area contributed by atoms with Gasteiger partial charge in [-0.05, 0) is 88.1 Å². The number of carbonyl (C=O) groups excluding carboxylic acids is 2. The molecule has 0 spiro atoms. The van der Waals surface area contributed by atoms with Crippen LogP contribution in [0.5, 0.6) is 17.2 Å². The molecule has 15 heteroatoms. The second-order valence-electron chi connectivity index (χ2n) is 14.2. The van der Waals surface area contributed by atoms with Crippen molar-refractivity contribution in [1.29, 1.82) is 0 Å². The predicted octanol–water partition coefficient (Wildman–Crippen LogP) is 5.47. The highest BCUT2D eigenvalue weighted by molar-refractivity contribution is 7.89. The molecule has 0 saturated carbocycles. The van der Waals surface area contributed by atoms with Gasteiger partial charge in [0, 0.05) is 25.6 Å². The summed E-state index contributed by atoms with van der Waals surface area (Å²) >= 11 is 0. The number of benzene rings is 3. The lowest BCUT2D eigenvalue weighted by Crippen LogP contribution is -2.35. The number of sulfonamides is 1. The molecular weight excluding hydrogens is 717 g/mol. The maximum Gasteiger partial charge on any atom is 0.308 e. The maximum absolute atomic E-state index is 14.2. The number of methoxy groups -OCH3 is 1. The summed E-state index contributed by atoms with van der Waals surface area (Å²) in [5, 5.41) is 8.43. The van der Waals surface area contributed by atoms with E-state index in [1.807, 2.05) is 65.0 Å². The highest BCUT2D eigenvalue weighted by atomic mass is 32.2. The summed E-state index contributed by atoms with van der Waals surface area (Å²) in [6, 6.07) is 14.2. The summed E-state index contributed by atoms with van der Waals surface area (Å²) in [6.07, 6.45) is -0.295. The van der Waals surface area contributed by atoms with Gasteiger partial charge in [0.25, 0.3) is 0 Å². The van der Waals surface area contributed by atoms with Gasteiger partial charge in [-0.1, -0.05) is 23.4 Å². The second-order valence-corrected chi connectivity index (χ2v) is 16.1. The molecule has 14 nitrogen and oxygen atoms in total. The highest BCUT2D eigenvalue weighted by Crippen LogP contribution is 2.38. The Morgan fingerprint density at radius 1 is 1.02 bits per heavy atom. The second kappa shape index (κ2) is 17.2. The van der Waals surface area contributed by atoms with Crippen molar-refractivity contribution in [1.82, 2.24) is 19.3 Å². The van der Waals surface area contributed by atoms with Crippen LogP contribution in [0.15, 0.2) is 53.4 Å². The minimum Gasteiger partial charge on any atom is -0.494 e. The van der Waals surface area contributed by atoms with Crippen LogP contribution >= 0.6 is 0 Å². The Morgan fingerprint density at radius 3 is 2.52 bits per heavy atom. The zero-order valence-corrected chi connectivity index (χ0v) is 33.0. The van der Waals surface area contributed by atoms with Crippen molar-refractivity contribution in [3.63, 3.8) is 0 Å². The first-order valence-corrected chi connectivity index (χ1v) is 19.4. The third-order valence-corrected chi connectivity index (χ3v) is 10.6. The predicted molar refractivity (Wildman–Crippen MR) is 200 cm³/mol. The molecule has 4 aromatic rings. The van der Waals surface area contributed by atoms with E-state index in [0.29, 0.717) is 17.0 Å². The number of nitrogens with zero attached hydrogens (tertiary/aromatic N) is 4. The molecule has 3 aromatic carbocycles. The van der Waals surface area contributed by atoms with Gasteiger partial charge in [-0.3, -0.25) is 9.59 Å². The van der Waals surface area contributed by atoms with E-state index in [4.69, 9.17) is 28.4 Å². The molecule has 1 aliphatic heterocycles. The molecular formula is C39H50N4O10S. The van der Waals surface area contributed by atoms with Crippen LogP contribution in [0.4, 0.5) is 0 Å². The number of ether oxygens (including phenoxy) is 6. The SMILES string of the molecule is CCOC(=O)CC(c1ccc(C)c(CN2C[C@@H](C)Oc3cc(OCCOCCC(=O)OC(C)(C)C)ccc3S2(=O)=O)c1)c1cc(OC)c2c(c1)nnn2C. The first-order valence-electron chi connectivity index (χ1n) is 17.9. The van der Waals surface area contributed by atoms with E-state index in [9.17, 15) is 18.0 Å². The van der Waals surface area contributed by atoms with Gasteiger partial charge in [-0.2, -0.15) is 4.31 Å². The quantitative estimate of drug-likeness (QED) is 0.111. The molecule has 0 fully saturated rings. The normalized spacial score (nSPS) is 16.2. The van der Waals surface area contributed by atoms with Crippen molar-refractivity contribution >= 4 is 33.0 Å². The number of aryl methyl sites for hydroxylation is 2. The van der Waals surface area contributed by atoms with Gasteiger partial charge in [-0.25, -0.2) is 13.1 Å². The first-order chi connectivity index (χ1) is 25.6.